The van der Waals surface area contributed by atoms with Crippen molar-refractivity contribution in [3.8, 4) is 0 Å². The minimum absolute atomic E-state index is 0.546. The van der Waals surface area contributed by atoms with Crippen LogP contribution < -0.4 is 5.73 Å². The first-order chi connectivity index (χ1) is 3.92. The lowest BCUT2D eigenvalue weighted by Gasteiger charge is -2.31. The summed E-state index contributed by atoms with van der Waals surface area (Å²) in [7, 11) is 0. The van der Waals surface area contributed by atoms with Crippen LogP contribution in [0.4, 0.5) is 0 Å². The molecule has 2 bridgehead atoms. The van der Waals surface area contributed by atoms with Gasteiger partial charge in [-0.05, 0) is 18.9 Å². The molecule has 0 aromatic heterocycles. The van der Waals surface area contributed by atoms with Gasteiger partial charge in [-0.3, -0.25) is 0 Å². The van der Waals surface area contributed by atoms with Crippen LogP contribution in [0.3, 0.4) is 0 Å². The first-order valence-electron chi connectivity index (χ1n) is 3.23. The van der Waals surface area contributed by atoms with Crippen LogP contribution in [-0.4, -0.2) is 19.3 Å². The summed E-state index contributed by atoms with van der Waals surface area (Å²) < 4.78 is 5.35. The molecule has 0 aromatic rings. The fourth-order valence-corrected chi connectivity index (χ4v) is 1.73. The molecule has 3 rings (SSSR count). The second kappa shape index (κ2) is 1.45. The summed E-state index contributed by atoms with van der Waals surface area (Å²) in [4.78, 5) is 0. The summed E-state index contributed by atoms with van der Waals surface area (Å²) >= 11 is 0. The van der Waals surface area contributed by atoms with Gasteiger partial charge in [0.2, 0.25) is 0 Å². The molecule has 0 unspecified atom stereocenters. The highest BCUT2D eigenvalue weighted by Crippen LogP contribution is 2.43. The van der Waals surface area contributed by atoms with Crippen molar-refractivity contribution in [1.82, 2.24) is 0 Å². The Bertz CT molecular complexity index is 90.7. The lowest BCUT2D eigenvalue weighted by atomic mass is 9.74. The van der Waals surface area contributed by atoms with Gasteiger partial charge in [-0.2, -0.15) is 0 Å². The Kier molecular flexibility index (Phi) is 0.866. The second-order valence-corrected chi connectivity index (χ2v) is 2.77. The average molecular weight is 113 g/mol. The van der Waals surface area contributed by atoms with Gasteiger partial charge in [0.15, 0.2) is 0 Å². The molecule has 3 fully saturated rings. The van der Waals surface area contributed by atoms with Crippen molar-refractivity contribution >= 4 is 0 Å². The number of hydrogen-bond acceptors (Lipinski definition) is 2. The molecule has 2 heteroatoms. The third-order valence-electron chi connectivity index (χ3n) is 2.41. The molecule has 3 atom stereocenters. The molecule has 46 valence electrons. The van der Waals surface area contributed by atoms with Crippen LogP contribution in [0.1, 0.15) is 6.42 Å². The fourth-order valence-electron chi connectivity index (χ4n) is 1.73. The van der Waals surface area contributed by atoms with Crippen LogP contribution in [0.15, 0.2) is 0 Å². The van der Waals surface area contributed by atoms with E-state index in [1.807, 2.05) is 0 Å². The molecular formula is C6H11NO. The van der Waals surface area contributed by atoms with Gasteiger partial charge >= 0.3 is 0 Å². The smallest absolute Gasteiger partial charge is 0.0622 e. The van der Waals surface area contributed by atoms with Crippen molar-refractivity contribution in [1.29, 1.82) is 0 Å². The third-order valence-corrected chi connectivity index (χ3v) is 2.41. The van der Waals surface area contributed by atoms with E-state index in [9.17, 15) is 0 Å². The Morgan fingerprint density at radius 2 is 2.50 bits per heavy atom. The summed E-state index contributed by atoms with van der Waals surface area (Å²) in [6, 6.07) is 0. The van der Waals surface area contributed by atoms with Gasteiger partial charge in [0.1, 0.15) is 0 Å². The van der Waals surface area contributed by atoms with E-state index >= 15 is 0 Å². The van der Waals surface area contributed by atoms with Crippen molar-refractivity contribution in [2.45, 2.75) is 12.5 Å². The Morgan fingerprint density at radius 3 is 2.75 bits per heavy atom. The number of fused-ring (bicyclic) bond motifs is 1. The lowest BCUT2D eigenvalue weighted by Crippen LogP contribution is -2.38. The van der Waals surface area contributed by atoms with Crippen LogP contribution in [0.2, 0.25) is 0 Å². The molecule has 2 aliphatic heterocycles. The molecule has 0 aromatic carbocycles. The normalized spacial score (nSPS) is 51.4. The maximum Gasteiger partial charge on any atom is 0.0622 e. The summed E-state index contributed by atoms with van der Waals surface area (Å²) in [5.41, 5.74) is 5.47. The SMILES string of the molecule is NC[C@H]1[C@H]2CO[C@@H]1C2. The van der Waals surface area contributed by atoms with E-state index in [1.165, 1.54) is 6.42 Å². The van der Waals surface area contributed by atoms with Gasteiger partial charge in [-0.1, -0.05) is 0 Å². The molecule has 3 aliphatic rings. The zero-order valence-corrected chi connectivity index (χ0v) is 4.84. The number of hydrogen-bond donors (Lipinski definition) is 1. The molecule has 2 heterocycles. The maximum absolute atomic E-state index is 5.47. The molecule has 2 saturated heterocycles. The predicted octanol–water partition coefficient (Wildman–Crippen LogP) is -0.0200. The van der Waals surface area contributed by atoms with E-state index in [0.29, 0.717) is 6.10 Å². The minimum Gasteiger partial charge on any atom is -0.378 e. The van der Waals surface area contributed by atoms with E-state index in [4.69, 9.17) is 10.5 Å². The Hall–Kier alpha value is -0.0800. The number of nitrogens with two attached hydrogens (primary N) is 1. The van der Waals surface area contributed by atoms with E-state index in [-0.39, 0.29) is 0 Å². The maximum atomic E-state index is 5.47. The van der Waals surface area contributed by atoms with Crippen molar-refractivity contribution < 1.29 is 4.74 Å². The van der Waals surface area contributed by atoms with Crippen LogP contribution in [0.5, 0.6) is 0 Å². The van der Waals surface area contributed by atoms with Crippen molar-refractivity contribution in [2.24, 2.45) is 17.6 Å². The topological polar surface area (TPSA) is 35.2 Å². The molecule has 0 radical (unpaired) electrons. The molecule has 1 aliphatic carbocycles. The van der Waals surface area contributed by atoms with Crippen molar-refractivity contribution in [3.05, 3.63) is 0 Å². The minimum atomic E-state index is 0.546. The third kappa shape index (κ3) is 0.400. The van der Waals surface area contributed by atoms with E-state index < -0.39 is 0 Å². The van der Waals surface area contributed by atoms with Gasteiger partial charge in [0, 0.05) is 5.92 Å². The molecule has 1 saturated carbocycles. The number of ether oxygens (including phenoxy) is 1. The lowest BCUT2D eigenvalue weighted by molar-refractivity contribution is 0.0764. The fraction of sp³-hybridized carbons (Fsp3) is 1.00. The summed E-state index contributed by atoms with van der Waals surface area (Å²) in [5, 5.41) is 0. The highest BCUT2D eigenvalue weighted by molar-refractivity contribution is 4.96. The highest BCUT2D eigenvalue weighted by Gasteiger charge is 2.46. The van der Waals surface area contributed by atoms with Gasteiger partial charge < -0.3 is 10.5 Å². The highest BCUT2D eigenvalue weighted by atomic mass is 16.5. The van der Waals surface area contributed by atoms with Crippen molar-refractivity contribution in [2.75, 3.05) is 13.2 Å². The Labute approximate surface area is 49.0 Å². The van der Waals surface area contributed by atoms with Crippen LogP contribution in [-0.2, 0) is 4.74 Å². The van der Waals surface area contributed by atoms with Crippen molar-refractivity contribution in [3.63, 3.8) is 0 Å². The van der Waals surface area contributed by atoms with Crippen LogP contribution in [0.25, 0.3) is 0 Å². The van der Waals surface area contributed by atoms with E-state index in [0.717, 1.165) is 25.0 Å². The number of rotatable bonds is 1. The van der Waals surface area contributed by atoms with Crippen LogP contribution in [0, 0.1) is 11.8 Å². The molecule has 0 spiro atoms. The van der Waals surface area contributed by atoms with Gasteiger partial charge in [0.25, 0.3) is 0 Å². The van der Waals surface area contributed by atoms with E-state index in [1.54, 1.807) is 0 Å². The molecule has 0 amide bonds. The monoisotopic (exact) mass is 113 g/mol. The standard InChI is InChI=1S/C6H11NO/c7-2-5-4-1-6(5)8-3-4/h4-6H,1-3,7H2/t4-,5+,6-/m1/s1. The zero-order valence-electron chi connectivity index (χ0n) is 4.84. The first kappa shape index (κ1) is 4.77. The van der Waals surface area contributed by atoms with Gasteiger partial charge in [-0.15, -0.1) is 0 Å². The zero-order chi connectivity index (χ0) is 5.56. The van der Waals surface area contributed by atoms with E-state index in [2.05, 4.69) is 0 Å². The second-order valence-electron chi connectivity index (χ2n) is 2.77. The van der Waals surface area contributed by atoms with Gasteiger partial charge in [0.05, 0.1) is 12.7 Å². The largest absolute Gasteiger partial charge is 0.378 e. The Balaban J connectivity index is 2.02. The summed E-state index contributed by atoms with van der Waals surface area (Å²) in [6.07, 6.45) is 1.83. The summed E-state index contributed by atoms with van der Waals surface area (Å²) in [6.45, 7) is 1.81. The average Bonchev–Trinajstić information content (AvgIpc) is 2.19. The van der Waals surface area contributed by atoms with Crippen LogP contribution >= 0.6 is 0 Å². The Morgan fingerprint density at radius 1 is 1.62 bits per heavy atom. The molecule has 2 nitrogen and oxygen atoms in total. The summed E-state index contributed by atoms with van der Waals surface area (Å²) in [5.74, 6) is 1.54. The molecule has 8 heavy (non-hydrogen) atoms. The predicted molar refractivity (Wildman–Crippen MR) is 30.4 cm³/mol. The first-order valence-corrected chi connectivity index (χ1v) is 3.23. The molecular weight excluding hydrogens is 102 g/mol. The van der Waals surface area contributed by atoms with Gasteiger partial charge in [-0.25, -0.2) is 0 Å². The quantitative estimate of drug-likeness (QED) is 0.518. The molecule has 2 N–H and O–H groups in total.